The highest BCUT2D eigenvalue weighted by Gasteiger charge is 2.48. The molecule has 5 aromatic rings. The number of ketones is 1. The number of aliphatic hydroxyl groups excluding tert-OH is 1. The summed E-state index contributed by atoms with van der Waals surface area (Å²) in [6, 6.07) is 13.9. The molecular weight excluding hydrogens is 520 g/mol. The number of aliphatic hydroxyl groups is 1. The van der Waals surface area contributed by atoms with E-state index < -0.39 is 17.7 Å². The summed E-state index contributed by atoms with van der Waals surface area (Å²) in [7, 11) is 0. The minimum absolute atomic E-state index is 0.0337. The average molecular weight is 543 g/mol. The highest BCUT2D eigenvalue weighted by Crippen LogP contribution is 2.45. The largest absolute Gasteiger partial charge is 0.505 e. The molecule has 190 valence electrons. The molecule has 9 heteroatoms. The summed E-state index contributed by atoms with van der Waals surface area (Å²) >= 11 is 7.50. The number of nitrogens with zero attached hydrogens (tertiary/aromatic N) is 4. The molecule has 0 radical (unpaired) electrons. The molecule has 38 heavy (non-hydrogen) atoms. The average Bonchev–Trinajstić information content (AvgIpc) is 3.53. The Morgan fingerprint density at radius 1 is 1.00 bits per heavy atom. The zero-order chi connectivity index (χ0) is 26.9. The summed E-state index contributed by atoms with van der Waals surface area (Å²) in [4.78, 5) is 38.0. The van der Waals surface area contributed by atoms with Gasteiger partial charge in [0, 0.05) is 11.2 Å². The zero-order valence-corrected chi connectivity index (χ0v) is 22.7. The molecule has 1 aliphatic rings. The third-order valence-corrected chi connectivity index (χ3v) is 8.22. The van der Waals surface area contributed by atoms with Crippen LogP contribution in [0.3, 0.4) is 0 Å². The van der Waals surface area contributed by atoms with E-state index in [-0.39, 0.29) is 17.0 Å². The smallest absolute Gasteiger partial charge is 0.301 e. The zero-order valence-electron chi connectivity index (χ0n) is 21.1. The Bertz CT molecular complexity index is 1830. The number of carbonyl (C=O) groups is 2. The first-order valence-corrected chi connectivity index (χ1v) is 13.2. The van der Waals surface area contributed by atoms with Gasteiger partial charge in [-0.25, -0.2) is 9.97 Å². The number of fused-ring (bicyclic) bond motifs is 2. The van der Waals surface area contributed by atoms with Crippen LogP contribution >= 0.6 is 22.9 Å². The maximum absolute atomic E-state index is 13.6. The highest BCUT2D eigenvalue weighted by atomic mass is 35.5. The fourth-order valence-corrected chi connectivity index (χ4v) is 6.42. The Morgan fingerprint density at radius 3 is 2.45 bits per heavy atom. The standard InChI is InChI=1S/C29H23ClN4O3S/c1-14-12-16(3)22-20(13-14)38-29(32-22)34-24(18-7-9-19(30)10-8-18)21(26(36)28(34)37)25(35)23-17(4)33-11-5-6-15(2)27(33)31-23/h5-13,24,35H,1-4H3/b25-21+. The molecule has 0 spiro atoms. The van der Waals surface area contributed by atoms with Crippen molar-refractivity contribution in [2.75, 3.05) is 4.90 Å². The molecule has 1 N–H and O–H groups in total. The first-order chi connectivity index (χ1) is 18.2. The molecular formula is C29H23ClN4O3S. The van der Waals surface area contributed by atoms with Crippen molar-refractivity contribution in [2.24, 2.45) is 0 Å². The third kappa shape index (κ3) is 3.63. The lowest BCUT2D eigenvalue weighted by molar-refractivity contribution is -0.132. The molecule has 1 fully saturated rings. The van der Waals surface area contributed by atoms with Crippen LogP contribution in [0.15, 0.2) is 60.3 Å². The molecule has 7 nitrogen and oxygen atoms in total. The molecule has 2 aromatic carbocycles. The second-order valence-corrected chi connectivity index (χ2v) is 11.0. The number of aryl methyl sites for hydroxylation is 4. The van der Waals surface area contributed by atoms with Gasteiger partial charge >= 0.3 is 5.91 Å². The maximum Gasteiger partial charge on any atom is 0.301 e. The SMILES string of the molecule is Cc1cc(C)c2nc(N3C(=O)C(=O)/C(=C(/O)c4nc5c(C)cccn5c4C)C3c3ccc(Cl)cc3)sc2c1. The predicted octanol–water partition coefficient (Wildman–Crippen LogP) is 6.46. The molecule has 4 heterocycles. The molecule has 1 atom stereocenters. The fourth-order valence-electron chi connectivity index (χ4n) is 5.13. The summed E-state index contributed by atoms with van der Waals surface area (Å²) in [5.74, 6) is -1.86. The molecule has 0 bridgehead atoms. The topological polar surface area (TPSA) is 87.8 Å². The van der Waals surface area contributed by atoms with E-state index in [1.807, 2.05) is 62.6 Å². The molecule has 3 aromatic heterocycles. The summed E-state index contributed by atoms with van der Waals surface area (Å²) in [6.45, 7) is 7.72. The Kier molecular flexibility index (Phi) is 5.63. The number of aromatic nitrogens is 3. The van der Waals surface area contributed by atoms with Gasteiger partial charge in [0.05, 0.1) is 27.5 Å². The van der Waals surface area contributed by atoms with Crippen LogP contribution in [0.2, 0.25) is 5.02 Å². The monoisotopic (exact) mass is 542 g/mol. The quantitative estimate of drug-likeness (QED) is 0.161. The van der Waals surface area contributed by atoms with Crippen molar-refractivity contribution >= 4 is 61.4 Å². The van der Waals surface area contributed by atoms with Gasteiger partial charge in [-0.15, -0.1) is 0 Å². The number of rotatable bonds is 3. The van der Waals surface area contributed by atoms with Crippen LogP contribution in [0, 0.1) is 27.7 Å². The second-order valence-electron chi connectivity index (χ2n) is 9.58. The number of benzene rings is 2. The van der Waals surface area contributed by atoms with Gasteiger partial charge in [-0.05, 0) is 74.2 Å². The summed E-state index contributed by atoms with van der Waals surface area (Å²) in [5, 5.41) is 12.5. The van der Waals surface area contributed by atoms with Crippen LogP contribution in [0.25, 0.3) is 21.6 Å². The van der Waals surface area contributed by atoms with Gasteiger partial charge in [0.15, 0.2) is 10.9 Å². The number of pyridine rings is 1. The maximum atomic E-state index is 13.6. The first kappa shape index (κ1) is 24.3. The number of carbonyl (C=O) groups excluding carboxylic acids is 2. The van der Waals surface area contributed by atoms with Gasteiger partial charge in [0.2, 0.25) is 0 Å². The lowest BCUT2D eigenvalue weighted by Crippen LogP contribution is -2.29. The highest BCUT2D eigenvalue weighted by molar-refractivity contribution is 7.22. The molecule has 0 saturated carbocycles. The molecule has 1 unspecified atom stereocenters. The number of imidazole rings is 1. The molecule has 6 rings (SSSR count). The molecule has 1 amide bonds. The van der Waals surface area contributed by atoms with Gasteiger partial charge in [-0.1, -0.05) is 47.2 Å². The van der Waals surface area contributed by atoms with Crippen molar-refractivity contribution < 1.29 is 14.7 Å². The van der Waals surface area contributed by atoms with E-state index in [9.17, 15) is 14.7 Å². The second kappa shape index (κ2) is 8.79. The minimum Gasteiger partial charge on any atom is -0.505 e. The Hall–Kier alpha value is -4.01. The number of hydrogen-bond acceptors (Lipinski definition) is 6. The van der Waals surface area contributed by atoms with Crippen LogP contribution in [0.1, 0.15) is 39.7 Å². The number of thiazole rings is 1. The van der Waals surface area contributed by atoms with E-state index in [0.717, 1.165) is 26.9 Å². The van der Waals surface area contributed by atoms with E-state index in [1.54, 1.807) is 24.3 Å². The van der Waals surface area contributed by atoms with E-state index in [1.165, 1.54) is 16.2 Å². The third-order valence-electron chi connectivity index (χ3n) is 6.96. The van der Waals surface area contributed by atoms with Gasteiger partial charge in [-0.3, -0.25) is 14.5 Å². The van der Waals surface area contributed by atoms with Gasteiger partial charge in [0.1, 0.15) is 11.3 Å². The summed E-state index contributed by atoms with van der Waals surface area (Å²) in [6.07, 6.45) is 1.85. The lowest BCUT2D eigenvalue weighted by atomic mass is 9.96. The van der Waals surface area contributed by atoms with Gasteiger partial charge in [-0.2, -0.15) is 0 Å². The van der Waals surface area contributed by atoms with Crippen LogP contribution in [-0.2, 0) is 9.59 Å². The number of halogens is 1. The molecule has 1 saturated heterocycles. The van der Waals surface area contributed by atoms with Gasteiger partial charge < -0.3 is 9.51 Å². The Labute approximate surface area is 227 Å². The molecule has 0 aliphatic carbocycles. The fraction of sp³-hybridized carbons (Fsp3) is 0.172. The van der Waals surface area contributed by atoms with Crippen molar-refractivity contribution in [2.45, 2.75) is 33.7 Å². The van der Waals surface area contributed by atoms with E-state index in [2.05, 4.69) is 4.98 Å². The van der Waals surface area contributed by atoms with Crippen LogP contribution in [-0.4, -0.2) is 31.2 Å². The number of hydrogen-bond donors (Lipinski definition) is 1. The predicted molar refractivity (Wildman–Crippen MR) is 150 cm³/mol. The van der Waals surface area contributed by atoms with Crippen molar-refractivity contribution in [3.63, 3.8) is 0 Å². The Balaban J connectivity index is 1.60. The van der Waals surface area contributed by atoms with Crippen molar-refractivity contribution in [1.29, 1.82) is 0 Å². The van der Waals surface area contributed by atoms with Crippen LogP contribution < -0.4 is 4.90 Å². The van der Waals surface area contributed by atoms with E-state index >= 15 is 0 Å². The number of Topliss-reactive ketones (excluding diaryl/α,β-unsaturated/α-hetero) is 1. The van der Waals surface area contributed by atoms with E-state index in [0.29, 0.717) is 27.1 Å². The van der Waals surface area contributed by atoms with Crippen LogP contribution in [0.5, 0.6) is 0 Å². The lowest BCUT2D eigenvalue weighted by Gasteiger charge is -2.22. The van der Waals surface area contributed by atoms with Crippen molar-refractivity contribution in [3.8, 4) is 0 Å². The molecule has 1 aliphatic heterocycles. The van der Waals surface area contributed by atoms with Crippen molar-refractivity contribution in [3.05, 3.63) is 99.0 Å². The first-order valence-electron chi connectivity index (χ1n) is 12.0. The van der Waals surface area contributed by atoms with Crippen molar-refractivity contribution in [1.82, 2.24) is 14.4 Å². The minimum atomic E-state index is -0.903. The Morgan fingerprint density at radius 2 is 1.74 bits per heavy atom. The van der Waals surface area contributed by atoms with E-state index in [4.69, 9.17) is 16.6 Å². The van der Waals surface area contributed by atoms with Crippen LogP contribution in [0.4, 0.5) is 5.13 Å². The number of amides is 1. The number of anilines is 1. The summed E-state index contributed by atoms with van der Waals surface area (Å²) in [5.41, 5.74) is 5.94. The van der Waals surface area contributed by atoms with Gasteiger partial charge in [0.25, 0.3) is 5.78 Å². The summed E-state index contributed by atoms with van der Waals surface area (Å²) < 4.78 is 2.78. The normalized spacial score (nSPS) is 17.3.